The van der Waals surface area contributed by atoms with Crippen molar-refractivity contribution >= 4 is 18.3 Å². The molecule has 3 nitrogen and oxygen atoms in total. The molecule has 1 saturated carbocycles. The molecular formula is C17H33ClN2O. The second-order valence-corrected chi connectivity index (χ2v) is 6.77. The summed E-state index contributed by atoms with van der Waals surface area (Å²) in [7, 11) is 2.01. The van der Waals surface area contributed by atoms with Crippen molar-refractivity contribution in [3.63, 3.8) is 0 Å². The third kappa shape index (κ3) is 5.45. The molecular weight excluding hydrogens is 284 g/mol. The van der Waals surface area contributed by atoms with E-state index in [-0.39, 0.29) is 12.4 Å². The lowest BCUT2D eigenvalue weighted by atomic mass is 9.79. The fraction of sp³-hybridized carbons (Fsp3) is 0.941. The standard InChI is InChI=1S/C17H32N2O.ClH/c1-3-4-6-14-8-10-15(11-9-14)17(20)19-12-5-7-16(13-19)18-2;/h14-16,18H,3-13H2,1-2H3;1H. The zero-order chi connectivity index (χ0) is 14.4. The number of likely N-dealkylation sites (tertiary alicyclic amines) is 1. The monoisotopic (exact) mass is 316 g/mol. The van der Waals surface area contributed by atoms with Crippen LogP contribution in [0.1, 0.15) is 64.7 Å². The lowest BCUT2D eigenvalue weighted by molar-refractivity contribution is -0.138. The Morgan fingerprint density at radius 3 is 2.52 bits per heavy atom. The Kier molecular flexibility index (Phi) is 8.65. The molecule has 1 saturated heterocycles. The number of carbonyl (C=O) groups is 1. The summed E-state index contributed by atoms with van der Waals surface area (Å²) in [5.41, 5.74) is 0. The van der Waals surface area contributed by atoms with Crippen LogP contribution in [0.15, 0.2) is 0 Å². The normalized spacial score (nSPS) is 29.8. The van der Waals surface area contributed by atoms with Gasteiger partial charge in [-0.2, -0.15) is 0 Å². The van der Waals surface area contributed by atoms with Gasteiger partial charge in [-0.05, 0) is 51.5 Å². The molecule has 0 bridgehead atoms. The number of hydrogen-bond donors (Lipinski definition) is 1. The molecule has 4 heteroatoms. The Bertz CT molecular complexity index is 303. The second-order valence-electron chi connectivity index (χ2n) is 6.77. The molecule has 0 aromatic rings. The van der Waals surface area contributed by atoms with Crippen molar-refractivity contribution in [3.05, 3.63) is 0 Å². The van der Waals surface area contributed by atoms with Crippen molar-refractivity contribution in [2.75, 3.05) is 20.1 Å². The van der Waals surface area contributed by atoms with Crippen LogP contribution < -0.4 is 5.32 Å². The average molecular weight is 317 g/mol. The molecule has 1 amide bonds. The first-order chi connectivity index (χ1) is 9.74. The Hall–Kier alpha value is -0.280. The number of amides is 1. The smallest absolute Gasteiger partial charge is 0.225 e. The van der Waals surface area contributed by atoms with Gasteiger partial charge >= 0.3 is 0 Å². The highest BCUT2D eigenvalue weighted by Gasteiger charge is 2.31. The van der Waals surface area contributed by atoms with E-state index in [4.69, 9.17) is 0 Å². The van der Waals surface area contributed by atoms with Crippen molar-refractivity contribution < 1.29 is 4.79 Å². The molecule has 0 radical (unpaired) electrons. The summed E-state index contributed by atoms with van der Waals surface area (Å²) in [5, 5.41) is 3.33. The number of hydrogen-bond acceptors (Lipinski definition) is 2. The zero-order valence-electron chi connectivity index (χ0n) is 13.8. The minimum absolute atomic E-state index is 0. The van der Waals surface area contributed by atoms with E-state index in [1.165, 1.54) is 38.5 Å². The Balaban J connectivity index is 0.00000220. The van der Waals surface area contributed by atoms with E-state index in [9.17, 15) is 4.79 Å². The molecule has 0 aromatic heterocycles. The Labute approximate surface area is 136 Å². The van der Waals surface area contributed by atoms with E-state index in [0.29, 0.717) is 17.9 Å². The molecule has 1 aliphatic heterocycles. The molecule has 1 heterocycles. The molecule has 2 rings (SSSR count). The van der Waals surface area contributed by atoms with Gasteiger partial charge in [0.25, 0.3) is 0 Å². The highest BCUT2D eigenvalue weighted by Crippen LogP contribution is 2.33. The fourth-order valence-electron chi connectivity index (χ4n) is 3.86. The third-order valence-electron chi connectivity index (χ3n) is 5.30. The van der Waals surface area contributed by atoms with Gasteiger partial charge in [0, 0.05) is 25.0 Å². The summed E-state index contributed by atoms with van der Waals surface area (Å²) in [6, 6.07) is 0.508. The first-order valence-corrected chi connectivity index (χ1v) is 8.70. The summed E-state index contributed by atoms with van der Waals surface area (Å²) in [6.07, 6.45) is 11.2. The average Bonchev–Trinajstić information content (AvgIpc) is 2.52. The van der Waals surface area contributed by atoms with Gasteiger partial charge in [-0.3, -0.25) is 4.79 Å². The van der Waals surface area contributed by atoms with Crippen LogP contribution >= 0.6 is 12.4 Å². The maximum absolute atomic E-state index is 12.6. The predicted octanol–water partition coefficient (Wildman–Crippen LogP) is 3.62. The van der Waals surface area contributed by atoms with Crippen molar-refractivity contribution in [1.82, 2.24) is 10.2 Å². The van der Waals surface area contributed by atoms with Gasteiger partial charge in [0.15, 0.2) is 0 Å². The van der Waals surface area contributed by atoms with Gasteiger partial charge in [-0.15, -0.1) is 12.4 Å². The molecule has 124 valence electrons. The summed E-state index contributed by atoms with van der Waals surface area (Å²) >= 11 is 0. The van der Waals surface area contributed by atoms with Crippen molar-refractivity contribution in [1.29, 1.82) is 0 Å². The van der Waals surface area contributed by atoms with Crippen LogP contribution in [-0.4, -0.2) is 37.0 Å². The van der Waals surface area contributed by atoms with Gasteiger partial charge in [0.1, 0.15) is 0 Å². The number of unbranched alkanes of at least 4 members (excludes halogenated alkanes) is 1. The van der Waals surface area contributed by atoms with Crippen molar-refractivity contribution in [2.24, 2.45) is 11.8 Å². The number of likely N-dealkylation sites (N-methyl/N-ethyl adjacent to an activating group) is 1. The first-order valence-electron chi connectivity index (χ1n) is 8.70. The molecule has 21 heavy (non-hydrogen) atoms. The number of carbonyl (C=O) groups excluding carboxylic acids is 1. The lowest BCUT2D eigenvalue weighted by Gasteiger charge is -2.37. The number of nitrogens with zero attached hydrogens (tertiary/aromatic N) is 1. The largest absolute Gasteiger partial charge is 0.341 e. The van der Waals surface area contributed by atoms with Crippen LogP contribution in [0.3, 0.4) is 0 Å². The summed E-state index contributed by atoms with van der Waals surface area (Å²) in [5.74, 6) is 1.66. The zero-order valence-corrected chi connectivity index (χ0v) is 14.6. The molecule has 1 atom stereocenters. The van der Waals surface area contributed by atoms with Crippen LogP contribution in [0.4, 0.5) is 0 Å². The van der Waals surface area contributed by atoms with Gasteiger partial charge in [0.2, 0.25) is 5.91 Å². The highest BCUT2D eigenvalue weighted by atomic mass is 35.5. The van der Waals surface area contributed by atoms with Crippen molar-refractivity contribution in [2.45, 2.75) is 70.8 Å². The molecule has 0 spiro atoms. The molecule has 0 aromatic carbocycles. The van der Waals surface area contributed by atoms with Gasteiger partial charge in [-0.25, -0.2) is 0 Å². The summed E-state index contributed by atoms with van der Waals surface area (Å²) in [4.78, 5) is 14.8. The quantitative estimate of drug-likeness (QED) is 0.840. The van der Waals surface area contributed by atoms with Crippen molar-refractivity contribution in [3.8, 4) is 0 Å². The molecule has 2 fully saturated rings. The van der Waals surface area contributed by atoms with E-state index < -0.39 is 0 Å². The minimum Gasteiger partial charge on any atom is -0.341 e. The molecule has 1 aliphatic carbocycles. The number of nitrogens with one attached hydrogen (secondary N) is 1. The SMILES string of the molecule is CCCCC1CCC(C(=O)N2CCCC(NC)C2)CC1.Cl. The van der Waals surface area contributed by atoms with Crippen LogP contribution in [-0.2, 0) is 4.79 Å². The van der Waals surface area contributed by atoms with Crippen LogP contribution in [0.5, 0.6) is 0 Å². The van der Waals surface area contributed by atoms with Gasteiger partial charge < -0.3 is 10.2 Å². The van der Waals surface area contributed by atoms with E-state index in [1.54, 1.807) is 0 Å². The lowest BCUT2D eigenvalue weighted by Crippen LogP contribution is -2.49. The van der Waals surface area contributed by atoms with E-state index in [0.717, 1.165) is 38.3 Å². The molecule has 1 N–H and O–H groups in total. The molecule has 1 unspecified atom stereocenters. The maximum Gasteiger partial charge on any atom is 0.225 e. The van der Waals surface area contributed by atoms with E-state index in [2.05, 4.69) is 17.1 Å². The summed E-state index contributed by atoms with van der Waals surface area (Å²) < 4.78 is 0. The predicted molar refractivity (Wildman–Crippen MR) is 90.9 cm³/mol. The van der Waals surface area contributed by atoms with Crippen LogP contribution in [0.25, 0.3) is 0 Å². The topological polar surface area (TPSA) is 32.3 Å². The fourth-order valence-corrected chi connectivity index (χ4v) is 3.86. The third-order valence-corrected chi connectivity index (χ3v) is 5.30. The number of piperidine rings is 1. The first kappa shape index (κ1) is 18.8. The van der Waals surface area contributed by atoms with Gasteiger partial charge in [-0.1, -0.05) is 26.2 Å². The van der Waals surface area contributed by atoms with Gasteiger partial charge in [0.05, 0.1) is 0 Å². The number of halogens is 1. The maximum atomic E-state index is 12.6. The number of rotatable bonds is 5. The van der Waals surface area contributed by atoms with E-state index in [1.807, 2.05) is 7.05 Å². The second kappa shape index (κ2) is 9.68. The van der Waals surface area contributed by atoms with E-state index >= 15 is 0 Å². The highest BCUT2D eigenvalue weighted by molar-refractivity contribution is 5.85. The van der Waals surface area contributed by atoms with Crippen LogP contribution in [0, 0.1) is 11.8 Å². The summed E-state index contributed by atoms with van der Waals surface area (Å²) in [6.45, 7) is 4.17. The Morgan fingerprint density at radius 1 is 1.19 bits per heavy atom. The molecule has 2 aliphatic rings. The minimum atomic E-state index is 0. The Morgan fingerprint density at radius 2 is 1.90 bits per heavy atom. The van der Waals surface area contributed by atoms with Crippen LogP contribution in [0.2, 0.25) is 0 Å².